The van der Waals surface area contributed by atoms with Gasteiger partial charge in [-0.1, -0.05) is 35.5 Å². The average Bonchev–Trinajstić information content (AvgIpc) is 3.28. The Morgan fingerprint density at radius 3 is 2.54 bits per heavy atom. The summed E-state index contributed by atoms with van der Waals surface area (Å²) in [5.41, 5.74) is 0.736. The molecule has 2 aromatic rings. The van der Waals surface area contributed by atoms with Crippen LogP contribution < -0.4 is 5.32 Å². The molecule has 26 heavy (non-hydrogen) atoms. The van der Waals surface area contributed by atoms with Gasteiger partial charge in [-0.25, -0.2) is 0 Å². The van der Waals surface area contributed by atoms with Gasteiger partial charge in [-0.15, -0.1) is 0 Å². The lowest BCUT2D eigenvalue weighted by Gasteiger charge is -2.35. The molecule has 0 bridgehead atoms. The van der Waals surface area contributed by atoms with E-state index >= 15 is 0 Å². The van der Waals surface area contributed by atoms with E-state index < -0.39 is 5.54 Å². The van der Waals surface area contributed by atoms with Gasteiger partial charge < -0.3 is 14.7 Å². The molecule has 1 aliphatic rings. The molecule has 0 radical (unpaired) electrons. The fraction of sp³-hybridized carbons (Fsp3) is 0.450. The second-order valence-corrected chi connectivity index (χ2v) is 7.83. The van der Waals surface area contributed by atoms with E-state index in [4.69, 9.17) is 4.52 Å². The van der Waals surface area contributed by atoms with Crippen molar-refractivity contribution in [3.63, 3.8) is 0 Å². The first-order valence-electron chi connectivity index (χ1n) is 8.85. The number of nitrogens with zero attached hydrogens (tertiary/aromatic N) is 2. The Morgan fingerprint density at radius 1 is 1.27 bits per heavy atom. The summed E-state index contributed by atoms with van der Waals surface area (Å²) >= 11 is 0. The Morgan fingerprint density at radius 2 is 1.96 bits per heavy atom. The van der Waals surface area contributed by atoms with E-state index in [9.17, 15) is 9.59 Å². The van der Waals surface area contributed by atoms with Crippen molar-refractivity contribution in [2.45, 2.75) is 45.6 Å². The van der Waals surface area contributed by atoms with Gasteiger partial charge in [-0.2, -0.15) is 0 Å². The summed E-state index contributed by atoms with van der Waals surface area (Å²) in [5.74, 6) is 0.917. The molecule has 0 saturated heterocycles. The number of hydrogen-bond acceptors (Lipinski definition) is 4. The average molecular weight is 355 g/mol. The smallest absolute Gasteiger partial charge is 0.245 e. The maximum atomic E-state index is 13.0. The molecule has 1 aliphatic carbocycles. The van der Waals surface area contributed by atoms with Crippen LogP contribution in [0.4, 0.5) is 5.82 Å². The highest BCUT2D eigenvalue weighted by molar-refractivity contribution is 5.95. The molecule has 1 saturated carbocycles. The molecule has 1 N–H and O–H groups in total. The number of aryl methyl sites for hydroxylation is 1. The van der Waals surface area contributed by atoms with Gasteiger partial charge in [0, 0.05) is 17.5 Å². The van der Waals surface area contributed by atoms with E-state index in [0.717, 1.165) is 6.42 Å². The highest BCUT2D eigenvalue weighted by Crippen LogP contribution is 2.49. The number of hydrogen-bond donors (Lipinski definition) is 1. The van der Waals surface area contributed by atoms with Gasteiger partial charge >= 0.3 is 0 Å². The molecule has 1 aromatic carbocycles. The summed E-state index contributed by atoms with van der Waals surface area (Å²) in [5, 5.41) is 6.44. The number of carbonyl (C=O) groups is 2. The third-order valence-electron chi connectivity index (χ3n) is 4.61. The van der Waals surface area contributed by atoms with Gasteiger partial charge in [0.25, 0.3) is 0 Å². The first-order chi connectivity index (χ1) is 12.3. The van der Waals surface area contributed by atoms with Gasteiger partial charge in [0.1, 0.15) is 12.3 Å². The number of aromatic nitrogens is 1. The number of anilines is 1. The van der Waals surface area contributed by atoms with Gasteiger partial charge in [0.05, 0.1) is 0 Å². The maximum Gasteiger partial charge on any atom is 0.245 e. The van der Waals surface area contributed by atoms with Crippen LogP contribution in [0.3, 0.4) is 0 Å². The zero-order valence-electron chi connectivity index (χ0n) is 15.7. The lowest BCUT2D eigenvalue weighted by molar-refractivity contribution is -0.140. The lowest BCUT2D eigenvalue weighted by atomic mass is 10.0. The van der Waals surface area contributed by atoms with Crippen molar-refractivity contribution < 1.29 is 14.1 Å². The lowest BCUT2D eigenvalue weighted by Crippen LogP contribution is -2.50. The van der Waals surface area contributed by atoms with Crippen LogP contribution >= 0.6 is 0 Å². The molecular weight excluding hydrogens is 330 g/mol. The van der Waals surface area contributed by atoms with Crippen LogP contribution in [0.15, 0.2) is 40.9 Å². The van der Waals surface area contributed by atoms with Crippen LogP contribution in [0.1, 0.15) is 44.4 Å². The minimum atomic E-state index is -0.446. The molecule has 1 aromatic heterocycles. The van der Waals surface area contributed by atoms with Gasteiger partial charge in [-0.3, -0.25) is 9.59 Å². The fourth-order valence-electron chi connectivity index (χ4n) is 3.13. The van der Waals surface area contributed by atoms with Crippen LogP contribution in [-0.2, 0) is 9.59 Å². The van der Waals surface area contributed by atoms with Crippen LogP contribution in [0.25, 0.3) is 0 Å². The summed E-state index contributed by atoms with van der Waals surface area (Å²) in [6, 6.07) is 11.7. The molecule has 0 spiro atoms. The summed E-state index contributed by atoms with van der Waals surface area (Å²) < 4.78 is 4.95. The van der Waals surface area contributed by atoms with Crippen LogP contribution in [-0.4, -0.2) is 34.0 Å². The van der Waals surface area contributed by atoms with Gasteiger partial charge in [0.2, 0.25) is 11.8 Å². The van der Waals surface area contributed by atoms with Crippen molar-refractivity contribution >= 4 is 17.6 Å². The van der Waals surface area contributed by atoms with E-state index in [2.05, 4.69) is 22.6 Å². The molecule has 0 aliphatic heterocycles. The Balaban J connectivity index is 1.66. The van der Waals surface area contributed by atoms with Crippen molar-refractivity contribution in [3.05, 3.63) is 47.7 Å². The van der Waals surface area contributed by atoms with Crippen molar-refractivity contribution in [3.8, 4) is 0 Å². The maximum absolute atomic E-state index is 13.0. The first kappa shape index (κ1) is 18.2. The van der Waals surface area contributed by atoms with Crippen molar-refractivity contribution in [2.75, 3.05) is 11.9 Å². The predicted molar refractivity (Wildman–Crippen MR) is 98.6 cm³/mol. The van der Waals surface area contributed by atoms with E-state index in [1.807, 2.05) is 39.0 Å². The summed E-state index contributed by atoms with van der Waals surface area (Å²) in [7, 11) is 0. The van der Waals surface area contributed by atoms with E-state index in [0.29, 0.717) is 11.6 Å². The molecule has 3 rings (SSSR count). The molecule has 138 valence electrons. The number of nitrogens with one attached hydrogen (secondary N) is 1. The molecule has 6 nitrogen and oxygen atoms in total. The zero-order chi connectivity index (χ0) is 18.9. The summed E-state index contributed by atoms with van der Waals surface area (Å²) in [6.07, 6.45) is 0.833. The Hall–Kier alpha value is -2.63. The Bertz CT molecular complexity index is 792. The second kappa shape index (κ2) is 6.94. The molecule has 2 atom stereocenters. The molecule has 6 heteroatoms. The van der Waals surface area contributed by atoms with Gasteiger partial charge in [0.15, 0.2) is 5.82 Å². The quantitative estimate of drug-likeness (QED) is 0.892. The highest BCUT2D eigenvalue weighted by atomic mass is 16.5. The van der Waals surface area contributed by atoms with Gasteiger partial charge in [-0.05, 0) is 45.6 Å². The highest BCUT2D eigenvalue weighted by Gasteiger charge is 2.47. The molecule has 1 fully saturated rings. The Labute approximate surface area is 153 Å². The third kappa shape index (κ3) is 4.12. The summed E-state index contributed by atoms with van der Waals surface area (Å²) in [6.45, 7) is 7.58. The number of benzene rings is 1. The van der Waals surface area contributed by atoms with Crippen molar-refractivity contribution in [1.29, 1.82) is 0 Å². The normalized spacial score (nSPS) is 19.1. The number of amides is 2. The van der Waals surface area contributed by atoms with E-state index in [1.54, 1.807) is 17.9 Å². The molecule has 1 heterocycles. The molecular formula is C20H25N3O3. The third-order valence-corrected chi connectivity index (χ3v) is 4.61. The van der Waals surface area contributed by atoms with Crippen molar-refractivity contribution in [2.24, 2.45) is 5.92 Å². The SMILES string of the molecule is Cc1cc(NC(=O)CN(C(=O)[C@@H]2C[C@H]2c2ccccc2)C(C)(C)C)no1. The minimum Gasteiger partial charge on any atom is -0.360 e. The fourth-order valence-corrected chi connectivity index (χ4v) is 3.13. The topological polar surface area (TPSA) is 75.4 Å². The number of carbonyl (C=O) groups excluding carboxylic acids is 2. The first-order valence-corrected chi connectivity index (χ1v) is 8.85. The minimum absolute atomic E-state index is 0.00769. The van der Waals surface area contributed by atoms with Crippen molar-refractivity contribution in [1.82, 2.24) is 10.1 Å². The molecule has 0 unspecified atom stereocenters. The van der Waals surface area contributed by atoms with Crippen LogP contribution in [0.5, 0.6) is 0 Å². The second-order valence-electron chi connectivity index (χ2n) is 7.83. The monoisotopic (exact) mass is 355 g/mol. The zero-order valence-corrected chi connectivity index (χ0v) is 15.7. The van der Waals surface area contributed by atoms with Crippen LogP contribution in [0.2, 0.25) is 0 Å². The predicted octanol–water partition coefficient (Wildman–Crippen LogP) is 3.35. The van der Waals surface area contributed by atoms with E-state index in [1.165, 1.54) is 5.56 Å². The Kier molecular flexibility index (Phi) is 4.85. The molecule has 2 amide bonds. The van der Waals surface area contributed by atoms with E-state index in [-0.39, 0.29) is 30.2 Å². The van der Waals surface area contributed by atoms with Crippen LogP contribution in [0, 0.1) is 12.8 Å². The standard InChI is InChI=1S/C20H25N3O3/c1-13-10-17(22-26-13)21-18(24)12-23(20(2,3)4)19(25)16-11-15(16)14-8-6-5-7-9-14/h5-10,15-16H,11-12H2,1-4H3,(H,21,22,24)/t15-,16+/m0/s1. The summed E-state index contributed by atoms with van der Waals surface area (Å²) in [4.78, 5) is 27.1. The number of rotatable bonds is 5. The largest absolute Gasteiger partial charge is 0.360 e.